The molecule has 0 fully saturated rings. The van der Waals surface area contributed by atoms with Crippen LogP contribution in [0.1, 0.15) is 37.6 Å². The average molecular weight is 287 g/mol. The number of ketones is 1. The Balaban J connectivity index is 2.87. The van der Waals surface area contributed by atoms with Gasteiger partial charge in [-0.05, 0) is 31.5 Å². The van der Waals surface area contributed by atoms with Crippen LogP contribution in [-0.4, -0.2) is 11.0 Å². The van der Waals surface area contributed by atoms with Crippen molar-refractivity contribution in [1.82, 2.24) is 0 Å². The number of rotatable bonds is 4. The Morgan fingerprint density at radius 2 is 2.20 bits per heavy atom. The van der Waals surface area contributed by atoms with Gasteiger partial charge in [0.25, 0.3) is 0 Å². The number of hydrogen-bond acceptors (Lipinski definition) is 2. The summed E-state index contributed by atoms with van der Waals surface area (Å²) in [5.74, 6) is 0.0990. The highest BCUT2D eigenvalue weighted by Crippen LogP contribution is 2.29. The fourth-order valence-electron chi connectivity index (χ4n) is 1.17. The van der Waals surface area contributed by atoms with Gasteiger partial charge in [0.1, 0.15) is 0 Å². The zero-order chi connectivity index (χ0) is 11.4. The predicted molar refractivity (Wildman–Crippen MR) is 69.8 cm³/mol. The summed E-state index contributed by atoms with van der Waals surface area (Å²) in [4.78, 5) is 12.4. The van der Waals surface area contributed by atoms with E-state index >= 15 is 0 Å². The lowest BCUT2D eigenvalue weighted by Crippen LogP contribution is -1.95. The van der Waals surface area contributed by atoms with Crippen molar-refractivity contribution in [2.45, 2.75) is 37.3 Å². The Morgan fingerprint density at radius 1 is 1.53 bits per heavy atom. The number of benzene rings is 1. The minimum Gasteiger partial charge on any atom is -0.294 e. The zero-order valence-corrected chi connectivity index (χ0v) is 11.6. The molecule has 0 saturated carbocycles. The molecule has 3 heteroatoms. The fraction of sp³-hybridized carbons (Fsp3) is 0.417. The third-order valence-electron chi connectivity index (χ3n) is 2.23. The van der Waals surface area contributed by atoms with Crippen molar-refractivity contribution in [3.05, 3.63) is 28.2 Å². The predicted octanol–water partition coefficient (Wildman–Crippen LogP) is 4.54. The van der Waals surface area contributed by atoms with Crippen LogP contribution in [0.2, 0.25) is 0 Å². The van der Waals surface area contributed by atoms with Crippen LogP contribution in [0, 0.1) is 0 Å². The molecule has 0 radical (unpaired) electrons. The first kappa shape index (κ1) is 12.8. The van der Waals surface area contributed by atoms with Gasteiger partial charge in [0.2, 0.25) is 0 Å². The Bertz CT molecular complexity index is 363. The van der Waals surface area contributed by atoms with Gasteiger partial charge in [-0.25, -0.2) is 0 Å². The molecule has 1 aromatic carbocycles. The second-order valence-electron chi connectivity index (χ2n) is 3.53. The van der Waals surface area contributed by atoms with Crippen molar-refractivity contribution in [2.75, 3.05) is 0 Å². The molecule has 0 bridgehead atoms. The molecule has 1 rings (SSSR count). The zero-order valence-electron chi connectivity index (χ0n) is 9.21. The van der Waals surface area contributed by atoms with E-state index in [-0.39, 0.29) is 5.78 Å². The van der Waals surface area contributed by atoms with Crippen LogP contribution in [0.5, 0.6) is 0 Å². The minimum absolute atomic E-state index is 0.0990. The van der Waals surface area contributed by atoms with Crippen LogP contribution in [-0.2, 0) is 0 Å². The van der Waals surface area contributed by atoms with E-state index < -0.39 is 0 Å². The van der Waals surface area contributed by atoms with E-state index in [0.717, 1.165) is 16.5 Å². The van der Waals surface area contributed by atoms with E-state index in [2.05, 4.69) is 29.8 Å². The van der Waals surface area contributed by atoms with Gasteiger partial charge in [0, 0.05) is 20.2 Å². The Hall–Kier alpha value is -0.280. The van der Waals surface area contributed by atoms with Crippen molar-refractivity contribution >= 4 is 33.5 Å². The van der Waals surface area contributed by atoms with Gasteiger partial charge in [0.15, 0.2) is 5.78 Å². The van der Waals surface area contributed by atoms with Crippen LogP contribution < -0.4 is 0 Å². The summed E-state index contributed by atoms with van der Waals surface area (Å²) in [6.45, 7) is 5.97. The molecule has 0 aliphatic heterocycles. The first-order valence-corrected chi connectivity index (χ1v) is 6.69. The summed E-state index contributed by atoms with van der Waals surface area (Å²) in [5.41, 5.74) is 0.753. The molecule has 1 unspecified atom stereocenters. The van der Waals surface area contributed by atoms with Gasteiger partial charge in [-0.3, -0.25) is 4.79 Å². The maximum atomic E-state index is 11.2. The molecular formula is C12H15BrOS. The molecule has 82 valence electrons. The second-order valence-corrected chi connectivity index (χ2v) is 5.90. The van der Waals surface area contributed by atoms with Gasteiger partial charge in [0.05, 0.1) is 0 Å². The molecule has 1 aromatic rings. The molecule has 1 nitrogen and oxygen atoms in total. The van der Waals surface area contributed by atoms with Crippen molar-refractivity contribution < 1.29 is 4.79 Å². The molecule has 0 saturated heterocycles. The summed E-state index contributed by atoms with van der Waals surface area (Å²) in [5, 5.41) is 0.611. The third-order valence-corrected chi connectivity index (χ3v) is 4.15. The SMILES string of the molecule is CCC(C)Sc1ccc(C(C)=O)c(Br)c1. The summed E-state index contributed by atoms with van der Waals surface area (Å²) >= 11 is 5.26. The summed E-state index contributed by atoms with van der Waals surface area (Å²) in [7, 11) is 0. The molecule has 0 aliphatic rings. The van der Waals surface area contributed by atoms with Crippen molar-refractivity contribution in [3.8, 4) is 0 Å². The highest BCUT2D eigenvalue weighted by Gasteiger charge is 2.07. The van der Waals surface area contributed by atoms with Crippen LogP contribution in [0.4, 0.5) is 0 Å². The fourth-order valence-corrected chi connectivity index (χ4v) is 2.94. The molecule has 0 heterocycles. The Kier molecular flexibility index (Phi) is 4.87. The van der Waals surface area contributed by atoms with Crippen molar-refractivity contribution in [1.29, 1.82) is 0 Å². The molecule has 0 spiro atoms. The number of carbonyl (C=O) groups excluding carboxylic acids is 1. The normalized spacial score (nSPS) is 12.5. The van der Waals surface area contributed by atoms with Crippen LogP contribution in [0.3, 0.4) is 0 Å². The summed E-state index contributed by atoms with van der Waals surface area (Å²) in [6, 6.07) is 5.92. The van der Waals surface area contributed by atoms with E-state index in [1.54, 1.807) is 6.92 Å². The topological polar surface area (TPSA) is 17.1 Å². The lowest BCUT2D eigenvalue weighted by atomic mass is 10.1. The lowest BCUT2D eigenvalue weighted by Gasteiger charge is -2.09. The molecular weight excluding hydrogens is 272 g/mol. The van der Waals surface area contributed by atoms with E-state index in [1.807, 2.05) is 30.0 Å². The van der Waals surface area contributed by atoms with E-state index in [1.165, 1.54) is 4.90 Å². The number of hydrogen-bond donors (Lipinski definition) is 0. The first-order valence-electron chi connectivity index (χ1n) is 5.01. The summed E-state index contributed by atoms with van der Waals surface area (Å²) in [6.07, 6.45) is 1.15. The monoisotopic (exact) mass is 286 g/mol. The molecule has 15 heavy (non-hydrogen) atoms. The molecule has 0 N–H and O–H groups in total. The van der Waals surface area contributed by atoms with E-state index in [9.17, 15) is 4.79 Å². The smallest absolute Gasteiger partial charge is 0.160 e. The lowest BCUT2D eigenvalue weighted by molar-refractivity contribution is 0.101. The average Bonchev–Trinajstić information content (AvgIpc) is 2.17. The maximum absolute atomic E-state index is 11.2. The van der Waals surface area contributed by atoms with Gasteiger partial charge < -0.3 is 0 Å². The Morgan fingerprint density at radius 3 is 2.67 bits per heavy atom. The van der Waals surface area contributed by atoms with Crippen LogP contribution >= 0.6 is 27.7 Å². The van der Waals surface area contributed by atoms with Crippen LogP contribution in [0.15, 0.2) is 27.6 Å². The minimum atomic E-state index is 0.0990. The molecule has 0 aliphatic carbocycles. The van der Waals surface area contributed by atoms with Crippen LogP contribution in [0.25, 0.3) is 0 Å². The van der Waals surface area contributed by atoms with E-state index in [4.69, 9.17) is 0 Å². The van der Waals surface area contributed by atoms with Crippen molar-refractivity contribution in [2.24, 2.45) is 0 Å². The molecule has 0 aromatic heterocycles. The largest absolute Gasteiger partial charge is 0.294 e. The van der Waals surface area contributed by atoms with Gasteiger partial charge in [-0.2, -0.15) is 0 Å². The van der Waals surface area contributed by atoms with Gasteiger partial charge in [-0.1, -0.05) is 29.8 Å². The Labute approximate surface area is 104 Å². The maximum Gasteiger partial charge on any atom is 0.160 e. The standard InChI is InChI=1S/C12H15BrOS/c1-4-8(2)15-10-5-6-11(9(3)14)12(13)7-10/h5-8H,4H2,1-3H3. The summed E-state index contributed by atoms with van der Waals surface area (Å²) < 4.78 is 0.892. The highest BCUT2D eigenvalue weighted by molar-refractivity contribution is 9.10. The van der Waals surface area contributed by atoms with Crippen molar-refractivity contribution in [3.63, 3.8) is 0 Å². The molecule has 0 amide bonds. The second kappa shape index (κ2) is 5.71. The van der Waals surface area contributed by atoms with Gasteiger partial charge >= 0.3 is 0 Å². The highest BCUT2D eigenvalue weighted by atomic mass is 79.9. The number of halogens is 1. The number of Topliss-reactive ketones (excluding diaryl/α,β-unsaturated/α-hetero) is 1. The van der Waals surface area contributed by atoms with Gasteiger partial charge in [-0.15, -0.1) is 11.8 Å². The number of carbonyl (C=O) groups is 1. The number of thioether (sulfide) groups is 1. The third kappa shape index (κ3) is 3.65. The molecule has 1 atom stereocenters. The van der Waals surface area contributed by atoms with E-state index in [0.29, 0.717) is 5.25 Å². The first-order chi connectivity index (χ1) is 7.04. The quantitative estimate of drug-likeness (QED) is 0.597.